The molecule has 0 aliphatic heterocycles. The molecule has 0 bridgehead atoms. The minimum absolute atomic E-state index is 0.210. The minimum atomic E-state index is -4.38. The van der Waals surface area contributed by atoms with E-state index >= 15 is 0 Å². The molecule has 17 heavy (non-hydrogen) atoms. The highest BCUT2D eigenvalue weighted by molar-refractivity contribution is 7.11. The van der Waals surface area contributed by atoms with E-state index in [9.17, 15) is 13.2 Å². The maximum Gasteiger partial charge on any atom is 0.443 e. The maximum atomic E-state index is 12.4. The fourth-order valence-corrected chi connectivity index (χ4v) is 2.71. The molecule has 1 aromatic rings. The lowest BCUT2D eigenvalue weighted by molar-refractivity contribution is -0.137. The maximum absolute atomic E-state index is 12.4. The van der Waals surface area contributed by atoms with Crippen molar-refractivity contribution in [3.63, 3.8) is 0 Å². The number of hydrogen-bond donors (Lipinski definition) is 2. The number of nitrogens with zero attached hydrogens (tertiary/aromatic N) is 1. The van der Waals surface area contributed by atoms with E-state index in [1.807, 2.05) is 13.8 Å². The molecule has 0 aromatic carbocycles. The number of halogens is 3. The van der Waals surface area contributed by atoms with Gasteiger partial charge in [-0.25, -0.2) is 4.98 Å². The van der Waals surface area contributed by atoms with Gasteiger partial charge < -0.3 is 0 Å². The summed E-state index contributed by atoms with van der Waals surface area (Å²) in [6, 6.07) is -0.265. The number of rotatable bonds is 5. The van der Waals surface area contributed by atoms with Crippen LogP contribution in [0.3, 0.4) is 0 Å². The lowest BCUT2D eigenvalue weighted by Crippen LogP contribution is -2.32. The quantitative estimate of drug-likeness (QED) is 0.636. The van der Waals surface area contributed by atoms with Gasteiger partial charge in [0.2, 0.25) is 0 Å². The summed E-state index contributed by atoms with van der Waals surface area (Å²) < 4.78 is 37.3. The molecular formula is C10H16F3N3S. The van der Waals surface area contributed by atoms with Gasteiger partial charge in [-0.2, -0.15) is 13.2 Å². The van der Waals surface area contributed by atoms with Gasteiger partial charge in [-0.05, 0) is 5.92 Å². The van der Waals surface area contributed by atoms with Gasteiger partial charge in [0.25, 0.3) is 0 Å². The van der Waals surface area contributed by atoms with E-state index in [1.165, 1.54) is 6.20 Å². The Kier molecular flexibility index (Phi) is 4.91. The molecule has 98 valence electrons. The zero-order chi connectivity index (χ0) is 13.1. The van der Waals surface area contributed by atoms with E-state index in [4.69, 9.17) is 5.84 Å². The van der Waals surface area contributed by atoms with Crippen LogP contribution in [0, 0.1) is 5.92 Å². The molecule has 3 nitrogen and oxygen atoms in total. The fourth-order valence-electron chi connectivity index (χ4n) is 1.77. The first kappa shape index (κ1) is 14.4. The molecule has 0 saturated carbocycles. The van der Waals surface area contributed by atoms with Crippen molar-refractivity contribution in [3.8, 4) is 0 Å². The number of hydrogen-bond acceptors (Lipinski definition) is 4. The number of alkyl halides is 3. The lowest BCUT2D eigenvalue weighted by Gasteiger charge is -2.22. The van der Waals surface area contributed by atoms with Crippen molar-refractivity contribution in [2.45, 2.75) is 38.9 Å². The van der Waals surface area contributed by atoms with E-state index < -0.39 is 11.2 Å². The van der Waals surface area contributed by atoms with Crippen molar-refractivity contribution in [2.75, 3.05) is 0 Å². The van der Waals surface area contributed by atoms with Crippen LogP contribution < -0.4 is 11.3 Å². The Balaban J connectivity index is 2.93. The van der Waals surface area contributed by atoms with Crippen molar-refractivity contribution in [3.05, 3.63) is 16.1 Å². The highest BCUT2D eigenvalue weighted by Crippen LogP contribution is 2.36. The van der Waals surface area contributed by atoms with Crippen molar-refractivity contribution in [1.82, 2.24) is 10.4 Å². The third-order valence-corrected chi connectivity index (χ3v) is 3.90. The first-order valence-electron chi connectivity index (χ1n) is 5.43. The van der Waals surface area contributed by atoms with Crippen LogP contribution in [-0.2, 0) is 6.18 Å². The molecule has 1 unspecified atom stereocenters. The van der Waals surface area contributed by atoms with E-state index in [1.54, 1.807) is 0 Å². The van der Waals surface area contributed by atoms with Gasteiger partial charge in [0.15, 0.2) is 5.01 Å². The predicted molar refractivity (Wildman–Crippen MR) is 61.3 cm³/mol. The average Bonchev–Trinajstić information content (AvgIpc) is 2.74. The highest BCUT2D eigenvalue weighted by Gasteiger charge is 2.35. The number of nitrogens with one attached hydrogen (secondary N) is 1. The summed E-state index contributed by atoms with van der Waals surface area (Å²) in [5.41, 5.74) is 2.59. The van der Waals surface area contributed by atoms with E-state index in [2.05, 4.69) is 10.4 Å². The van der Waals surface area contributed by atoms with Gasteiger partial charge in [-0.15, -0.1) is 11.3 Å². The smallest absolute Gasteiger partial charge is 0.271 e. The second-order valence-electron chi connectivity index (χ2n) is 3.79. The Morgan fingerprint density at radius 2 is 2.00 bits per heavy atom. The van der Waals surface area contributed by atoms with Gasteiger partial charge in [0, 0.05) is 11.1 Å². The van der Waals surface area contributed by atoms with Crippen molar-refractivity contribution in [1.29, 1.82) is 0 Å². The molecule has 0 amide bonds. The van der Waals surface area contributed by atoms with Crippen LogP contribution in [0.4, 0.5) is 13.2 Å². The molecule has 1 rings (SSSR count). The molecule has 0 fully saturated rings. The number of nitrogens with two attached hydrogens (primary N) is 1. The highest BCUT2D eigenvalue weighted by atomic mass is 32.1. The molecule has 1 heterocycles. The first-order chi connectivity index (χ1) is 7.93. The van der Waals surface area contributed by atoms with Crippen LogP contribution in [0.1, 0.15) is 42.6 Å². The number of aromatic nitrogens is 1. The van der Waals surface area contributed by atoms with Gasteiger partial charge in [-0.3, -0.25) is 11.3 Å². The fraction of sp³-hybridized carbons (Fsp3) is 0.700. The van der Waals surface area contributed by atoms with Gasteiger partial charge in [0.05, 0.1) is 6.04 Å². The summed E-state index contributed by atoms with van der Waals surface area (Å²) >= 11 is 0.653. The van der Waals surface area contributed by atoms with Crippen LogP contribution >= 0.6 is 11.3 Å². The molecule has 0 spiro atoms. The third-order valence-electron chi connectivity index (χ3n) is 2.77. The van der Waals surface area contributed by atoms with E-state index in [0.29, 0.717) is 16.2 Å². The minimum Gasteiger partial charge on any atom is -0.271 e. The second-order valence-corrected chi connectivity index (χ2v) is 4.85. The Bertz CT molecular complexity index is 347. The first-order valence-corrected chi connectivity index (χ1v) is 6.24. The van der Waals surface area contributed by atoms with Crippen molar-refractivity contribution < 1.29 is 13.2 Å². The summed E-state index contributed by atoms with van der Waals surface area (Å²) in [4.78, 5) is 3.94. The zero-order valence-electron chi connectivity index (χ0n) is 9.71. The summed E-state index contributed by atoms with van der Waals surface area (Å²) in [5, 5.41) is -0.821. The molecule has 0 saturated heterocycles. The molecular weight excluding hydrogens is 251 g/mol. The van der Waals surface area contributed by atoms with Crippen molar-refractivity contribution in [2.24, 2.45) is 11.8 Å². The molecule has 0 radical (unpaired) electrons. The monoisotopic (exact) mass is 267 g/mol. The van der Waals surface area contributed by atoms with Crippen molar-refractivity contribution >= 4 is 11.3 Å². The third kappa shape index (κ3) is 3.40. The van der Waals surface area contributed by atoms with Crippen LogP contribution in [0.2, 0.25) is 0 Å². The molecule has 1 aromatic heterocycles. The second kappa shape index (κ2) is 5.79. The Hall–Kier alpha value is -0.660. The van der Waals surface area contributed by atoms with E-state index in [-0.39, 0.29) is 12.0 Å². The van der Waals surface area contributed by atoms with Gasteiger partial charge >= 0.3 is 6.18 Å². The molecule has 0 aliphatic rings. The molecule has 1 atom stereocenters. The Labute approximate surface area is 102 Å². The van der Waals surface area contributed by atoms with Crippen LogP contribution in [0.15, 0.2) is 6.20 Å². The summed E-state index contributed by atoms with van der Waals surface area (Å²) in [7, 11) is 0. The normalized spacial score (nSPS) is 14.3. The van der Waals surface area contributed by atoms with E-state index in [0.717, 1.165) is 12.8 Å². The summed E-state index contributed by atoms with van der Waals surface area (Å²) in [6.45, 7) is 3.98. The molecule has 0 aliphatic carbocycles. The Morgan fingerprint density at radius 1 is 1.41 bits per heavy atom. The molecule has 7 heteroatoms. The van der Waals surface area contributed by atoms with Crippen LogP contribution in [0.5, 0.6) is 0 Å². The number of hydrazine groups is 1. The summed E-state index contributed by atoms with van der Waals surface area (Å²) in [6.07, 6.45) is -1.42. The van der Waals surface area contributed by atoms with Crippen LogP contribution in [0.25, 0.3) is 0 Å². The van der Waals surface area contributed by atoms with Gasteiger partial charge in [-0.1, -0.05) is 26.7 Å². The zero-order valence-corrected chi connectivity index (χ0v) is 10.5. The Morgan fingerprint density at radius 3 is 2.35 bits per heavy atom. The predicted octanol–water partition coefficient (Wildman–Crippen LogP) is 3.10. The standard InChI is InChI=1S/C10H16F3N3S/c1-3-6(4-2)8(16-14)7-5-15-9(17-7)10(11,12)13/h5-6,8,16H,3-4,14H2,1-2H3. The number of thiazole rings is 1. The molecule has 3 N–H and O–H groups in total. The summed E-state index contributed by atoms with van der Waals surface area (Å²) in [5.74, 6) is 5.63. The topological polar surface area (TPSA) is 50.9 Å². The lowest BCUT2D eigenvalue weighted by atomic mass is 9.94. The van der Waals surface area contributed by atoms with Gasteiger partial charge in [0.1, 0.15) is 0 Å². The van der Waals surface area contributed by atoms with Crippen LogP contribution in [-0.4, -0.2) is 4.98 Å². The SMILES string of the molecule is CCC(CC)C(NN)c1cnc(C(F)(F)F)s1. The largest absolute Gasteiger partial charge is 0.443 e. The average molecular weight is 267 g/mol.